The van der Waals surface area contributed by atoms with Crippen LogP contribution in [0.4, 0.5) is 5.82 Å². The van der Waals surface area contributed by atoms with Gasteiger partial charge >= 0.3 is 5.97 Å². The third-order valence-corrected chi connectivity index (χ3v) is 4.93. The van der Waals surface area contributed by atoms with Crippen molar-refractivity contribution in [1.29, 1.82) is 0 Å². The number of nitrogens with zero attached hydrogens (tertiary/aromatic N) is 3. The maximum absolute atomic E-state index is 12.4. The first-order valence-corrected chi connectivity index (χ1v) is 10.2. The van der Waals surface area contributed by atoms with Gasteiger partial charge in [-0.1, -0.05) is 19.9 Å². The Morgan fingerprint density at radius 1 is 1.14 bits per heavy atom. The summed E-state index contributed by atoms with van der Waals surface area (Å²) in [7, 11) is 1.31. The Morgan fingerprint density at radius 3 is 2.45 bits per heavy atom. The molecule has 1 aromatic rings. The largest absolute Gasteiger partial charge is 0.467 e. The van der Waals surface area contributed by atoms with Gasteiger partial charge in [-0.15, -0.1) is 0 Å². The Hall–Kier alpha value is -2.64. The second-order valence-electron chi connectivity index (χ2n) is 7.68. The second kappa shape index (κ2) is 11.4. The Bertz CT molecular complexity index is 673. The molecule has 0 aromatic carbocycles. The van der Waals surface area contributed by atoms with Gasteiger partial charge in [0.15, 0.2) is 0 Å². The van der Waals surface area contributed by atoms with Gasteiger partial charge in [-0.3, -0.25) is 9.59 Å². The molecule has 2 rings (SSSR count). The summed E-state index contributed by atoms with van der Waals surface area (Å²) >= 11 is 0. The standard InChI is InChI=1S/C21H32N4O4/c1-16(2)15-17(21(28)29-3)23-19(26)8-6-9-20(27)25-13-11-24(12-14-25)18-7-4-5-10-22-18/h4-5,7,10,16-17H,6,8-9,11-15H2,1-3H3,(H,23,26)/t17-/m1/s1. The monoisotopic (exact) mass is 404 g/mol. The molecule has 1 aromatic heterocycles. The van der Waals surface area contributed by atoms with Crippen molar-refractivity contribution in [3.05, 3.63) is 24.4 Å². The van der Waals surface area contributed by atoms with Crippen molar-refractivity contribution in [1.82, 2.24) is 15.2 Å². The third-order valence-electron chi connectivity index (χ3n) is 4.93. The van der Waals surface area contributed by atoms with Crippen LogP contribution in [0.1, 0.15) is 39.5 Å². The Kier molecular flexibility index (Phi) is 8.89. The van der Waals surface area contributed by atoms with E-state index in [4.69, 9.17) is 4.74 Å². The van der Waals surface area contributed by atoms with Gasteiger partial charge < -0.3 is 19.9 Å². The van der Waals surface area contributed by atoms with E-state index in [1.807, 2.05) is 36.9 Å². The Balaban J connectivity index is 1.70. The minimum atomic E-state index is -0.636. The van der Waals surface area contributed by atoms with Crippen LogP contribution in [0.5, 0.6) is 0 Å². The number of amides is 2. The number of piperazine rings is 1. The van der Waals surface area contributed by atoms with Crippen LogP contribution in [0, 0.1) is 5.92 Å². The number of aromatic nitrogens is 1. The average Bonchev–Trinajstić information content (AvgIpc) is 2.73. The molecule has 1 saturated heterocycles. The highest BCUT2D eigenvalue weighted by atomic mass is 16.5. The molecule has 0 aliphatic carbocycles. The molecule has 0 radical (unpaired) electrons. The van der Waals surface area contributed by atoms with E-state index in [-0.39, 0.29) is 24.2 Å². The highest BCUT2D eigenvalue weighted by molar-refractivity contribution is 5.84. The number of ether oxygens (including phenoxy) is 1. The lowest BCUT2D eigenvalue weighted by atomic mass is 10.0. The van der Waals surface area contributed by atoms with Crippen molar-refractivity contribution in [2.24, 2.45) is 5.92 Å². The molecule has 1 fully saturated rings. The fraction of sp³-hybridized carbons (Fsp3) is 0.619. The van der Waals surface area contributed by atoms with E-state index in [1.165, 1.54) is 7.11 Å². The first-order chi connectivity index (χ1) is 13.9. The van der Waals surface area contributed by atoms with E-state index in [9.17, 15) is 14.4 Å². The zero-order chi connectivity index (χ0) is 21.2. The summed E-state index contributed by atoms with van der Waals surface area (Å²) in [4.78, 5) is 44.7. The topological polar surface area (TPSA) is 91.8 Å². The highest BCUT2D eigenvalue weighted by Gasteiger charge is 2.24. The molecule has 8 heteroatoms. The van der Waals surface area contributed by atoms with E-state index < -0.39 is 12.0 Å². The smallest absolute Gasteiger partial charge is 0.328 e. The van der Waals surface area contributed by atoms with Crippen LogP contribution in [0.2, 0.25) is 0 Å². The quantitative estimate of drug-likeness (QED) is 0.629. The summed E-state index contributed by atoms with van der Waals surface area (Å²) in [6.45, 7) is 6.77. The van der Waals surface area contributed by atoms with Crippen LogP contribution in [-0.2, 0) is 19.1 Å². The van der Waals surface area contributed by atoms with Gasteiger partial charge in [0, 0.05) is 45.2 Å². The lowest BCUT2D eigenvalue weighted by Gasteiger charge is -2.35. The average molecular weight is 405 g/mol. The van der Waals surface area contributed by atoms with E-state index >= 15 is 0 Å². The number of carbonyl (C=O) groups excluding carboxylic acids is 3. The SMILES string of the molecule is COC(=O)[C@@H](CC(C)C)NC(=O)CCCC(=O)N1CCN(c2ccccn2)CC1. The van der Waals surface area contributed by atoms with E-state index in [2.05, 4.69) is 15.2 Å². The first kappa shape index (κ1) is 22.6. The van der Waals surface area contributed by atoms with Gasteiger partial charge in [-0.25, -0.2) is 9.78 Å². The number of hydrogen-bond donors (Lipinski definition) is 1. The molecule has 29 heavy (non-hydrogen) atoms. The number of rotatable bonds is 9. The summed E-state index contributed by atoms with van der Waals surface area (Å²) in [5, 5.41) is 2.72. The van der Waals surface area contributed by atoms with Gasteiger partial charge in [0.05, 0.1) is 7.11 Å². The van der Waals surface area contributed by atoms with Gasteiger partial charge in [0.1, 0.15) is 11.9 Å². The van der Waals surface area contributed by atoms with Crippen molar-refractivity contribution < 1.29 is 19.1 Å². The summed E-state index contributed by atoms with van der Waals surface area (Å²) in [6.07, 6.45) is 3.29. The number of pyridine rings is 1. The van der Waals surface area contributed by atoms with Crippen molar-refractivity contribution in [2.75, 3.05) is 38.2 Å². The number of hydrogen-bond acceptors (Lipinski definition) is 6. The molecule has 8 nitrogen and oxygen atoms in total. The minimum absolute atomic E-state index is 0.0603. The molecule has 1 aliphatic rings. The summed E-state index contributed by atoms with van der Waals surface area (Å²) in [5.41, 5.74) is 0. The highest BCUT2D eigenvalue weighted by Crippen LogP contribution is 2.14. The predicted octanol–water partition coefficient (Wildman–Crippen LogP) is 1.60. The fourth-order valence-corrected chi connectivity index (χ4v) is 3.38. The van der Waals surface area contributed by atoms with Gasteiger partial charge in [0.25, 0.3) is 0 Å². The van der Waals surface area contributed by atoms with Crippen LogP contribution in [-0.4, -0.2) is 67.0 Å². The van der Waals surface area contributed by atoms with Crippen molar-refractivity contribution in [3.63, 3.8) is 0 Å². The molecular weight excluding hydrogens is 372 g/mol. The zero-order valence-corrected chi connectivity index (χ0v) is 17.6. The Labute approximate surface area is 172 Å². The van der Waals surface area contributed by atoms with Crippen molar-refractivity contribution >= 4 is 23.6 Å². The fourth-order valence-electron chi connectivity index (χ4n) is 3.38. The molecule has 1 N–H and O–H groups in total. The number of anilines is 1. The molecule has 2 amide bonds. The number of methoxy groups -OCH3 is 1. The van der Waals surface area contributed by atoms with Crippen molar-refractivity contribution in [2.45, 2.75) is 45.6 Å². The first-order valence-electron chi connectivity index (χ1n) is 10.2. The molecule has 2 heterocycles. The van der Waals surface area contributed by atoms with Crippen molar-refractivity contribution in [3.8, 4) is 0 Å². The van der Waals surface area contributed by atoms with Gasteiger partial charge in [-0.2, -0.15) is 0 Å². The minimum Gasteiger partial charge on any atom is -0.467 e. The molecule has 1 atom stereocenters. The van der Waals surface area contributed by atoms with Crippen LogP contribution >= 0.6 is 0 Å². The maximum atomic E-state index is 12.4. The summed E-state index contributed by atoms with van der Waals surface area (Å²) in [5.74, 6) is 0.580. The van der Waals surface area contributed by atoms with Crippen LogP contribution in [0.15, 0.2) is 24.4 Å². The third kappa shape index (κ3) is 7.36. The maximum Gasteiger partial charge on any atom is 0.328 e. The molecular formula is C21H32N4O4. The van der Waals surface area contributed by atoms with Crippen LogP contribution < -0.4 is 10.2 Å². The normalized spacial score (nSPS) is 15.2. The zero-order valence-electron chi connectivity index (χ0n) is 17.6. The lowest BCUT2D eigenvalue weighted by Crippen LogP contribution is -2.49. The van der Waals surface area contributed by atoms with E-state index in [0.717, 1.165) is 18.9 Å². The van der Waals surface area contributed by atoms with Crippen LogP contribution in [0.25, 0.3) is 0 Å². The molecule has 160 valence electrons. The summed E-state index contributed by atoms with van der Waals surface area (Å²) in [6, 6.07) is 5.17. The molecule has 0 unspecified atom stereocenters. The van der Waals surface area contributed by atoms with Gasteiger partial charge in [0.2, 0.25) is 11.8 Å². The number of nitrogens with one attached hydrogen (secondary N) is 1. The predicted molar refractivity (Wildman–Crippen MR) is 110 cm³/mol. The molecule has 0 spiro atoms. The van der Waals surface area contributed by atoms with Gasteiger partial charge in [-0.05, 0) is 30.9 Å². The Morgan fingerprint density at radius 2 is 1.86 bits per heavy atom. The number of carbonyl (C=O) groups is 3. The molecule has 0 saturated carbocycles. The number of esters is 1. The molecule has 1 aliphatic heterocycles. The second-order valence-corrected chi connectivity index (χ2v) is 7.68. The van der Waals surface area contributed by atoms with E-state index in [1.54, 1.807) is 6.20 Å². The lowest BCUT2D eigenvalue weighted by molar-refractivity contribution is -0.145. The van der Waals surface area contributed by atoms with Crippen LogP contribution in [0.3, 0.4) is 0 Å². The van der Waals surface area contributed by atoms with E-state index in [0.29, 0.717) is 32.4 Å². The summed E-state index contributed by atoms with van der Waals surface area (Å²) < 4.78 is 4.75. The molecule has 0 bridgehead atoms.